The lowest BCUT2D eigenvalue weighted by Gasteiger charge is -2.54. The molecule has 0 aromatic heterocycles. The van der Waals surface area contributed by atoms with Crippen molar-refractivity contribution in [2.24, 2.45) is 10.4 Å². The maximum Gasteiger partial charge on any atom is 0.222 e. The number of nitrogens with zero attached hydrogens (tertiary/aromatic N) is 2. The highest BCUT2D eigenvalue weighted by Gasteiger charge is 2.57. The maximum absolute atomic E-state index is 11.9. The van der Waals surface area contributed by atoms with Gasteiger partial charge < -0.3 is 20.3 Å². The number of nitrogens with one attached hydrogen (secondary N) is 2. The second-order valence-electron chi connectivity index (χ2n) is 7.71. The number of hydrogen-bond donors (Lipinski definition) is 2. The number of carbonyl (C=O) groups excluding carboxylic acids is 1. The van der Waals surface area contributed by atoms with Crippen LogP contribution in [0.2, 0.25) is 0 Å². The van der Waals surface area contributed by atoms with Gasteiger partial charge >= 0.3 is 0 Å². The summed E-state index contributed by atoms with van der Waals surface area (Å²) in [4.78, 5) is 18.2. The van der Waals surface area contributed by atoms with Crippen molar-refractivity contribution in [3.8, 4) is 0 Å². The van der Waals surface area contributed by atoms with E-state index in [0.29, 0.717) is 30.0 Å². The number of guanidine groups is 1. The summed E-state index contributed by atoms with van der Waals surface area (Å²) < 4.78 is 6.00. The molecule has 1 spiro atoms. The van der Waals surface area contributed by atoms with E-state index in [-0.39, 0.29) is 29.9 Å². The van der Waals surface area contributed by atoms with Crippen LogP contribution in [0.1, 0.15) is 58.8 Å². The van der Waals surface area contributed by atoms with E-state index >= 15 is 0 Å². The monoisotopic (exact) mass is 478 g/mol. The molecular weight excluding hydrogens is 443 g/mol. The largest absolute Gasteiger partial charge is 0.378 e. The molecule has 3 rings (SSSR count). The third kappa shape index (κ3) is 4.29. The molecule has 2 saturated carbocycles. The van der Waals surface area contributed by atoms with Crippen LogP contribution in [-0.4, -0.2) is 61.7 Å². The van der Waals surface area contributed by atoms with Crippen molar-refractivity contribution in [2.45, 2.75) is 77.0 Å². The summed E-state index contributed by atoms with van der Waals surface area (Å²) in [7, 11) is 1.83. The summed E-state index contributed by atoms with van der Waals surface area (Å²) in [6.07, 6.45) is 8.18. The van der Waals surface area contributed by atoms with Crippen LogP contribution in [0.3, 0.4) is 0 Å². The highest BCUT2D eigenvalue weighted by Crippen LogP contribution is 2.54. The molecule has 2 aliphatic carbocycles. The highest BCUT2D eigenvalue weighted by atomic mass is 127. The van der Waals surface area contributed by atoms with Crippen LogP contribution >= 0.6 is 24.0 Å². The average Bonchev–Trinajstić information content (AvgIpc) is 3.30. The minimum atomic E-state index is 0. The van der Waals surface area contributed by atoms with Gasteiger partial charge in [-0.25, -0.2) is 0 Å². The van der Waals surface area contributed by atoms with Gasteiger partial charge in [0.05, 0.1) is 6.10 Å². The zero-order valence-corrected chi connectivity index (χ0v) is 18.8. The molecule has 150 valence electrons. The number of aliphatic imine (C=N–C) groups is 1. The Morgan fingerprint density at radius 3 is 2.62 bits per heavy atom. The molecule has 1 saturated heterocycles. The van der Waals surface area contributed by atoms with Crippen LogP contribution in [0.5, 0.6) is 0 Å². The lowest BCUT2D eigenvalue weighted by molar-refractivity contribution is -0.129. The number of rotatable bonds is 5. The lowest BCUT2D eigenvalue weighted by atomic mass is 9.60. The first-order valence-corrected chi connectivity index (χ1v) is 10.0. The van der Waals surface area contributed by atoms with E-state index in [9.17, 15) is 4.79 Å². The molecule has 1 aliphatic heterocycles. The first kappa shape index (κ1) is 21.7. The number of carbonyl (C=O) groups is 1. The molecule has 0 bridgehead atoms. The van der Waals surface area contributed by atoms with Crippen molar-refractivity contribution in [2.75, 3.05) is 26.7 Å². The summed E-state index contributed by atoms with van der Waals surface area (Å²) in [5.41, 5.74) is 0.299. The van der Waals surface area contributed by atoms with Gasteiger partial charge in [0.25, 0.3) is 0 Å². The standard InChI is InChI=1S/C19H34N4O2.HI/c1-4-17(24)23-11-8-14(13-23)21-18(20-3)22-15-12-16(25-5-2)19(15)9-6-7-10-19;/h14-16H,4-13H2,1-3H3,(H2,20,21,22);1H. The van der Waals surface area contributed by atoms with E-state index < -0.39 is 0 Å². The Kier molecular flexibility index (Phi) is 8.00. The lowest BCUT2D eigenvalue weighted by Crippen LogP contribution is -2.65. The Morgan fingerprint density at radius 1 is 1.27 bits per heavy atom. The second kappa shape index (κ2) is 9.57. The molecule has 0 radical (unpaired) electrons. The van der Waals surface area contributed by atoms with Gasteiger partial charge in [0.1, 0.15) is 0 Å². The molecular formula is C19H35IN4O2. The number of amides is 1. The Labute approximate surface area is 174 Å². The van der Waals surface area contributed by atoms with E-state index in [0.717, 1.165) is 38.5 Å². The van der Waals surface area contributed by atoms with Gasteiger partial charge in [-0.2, -0.15) is 0 Å². The summed E-state index contributed by atoms with van der Waals surface area (Å²) in [6, 6.07) is 0.747. The summed E-state index contributed by atoms with van der Waals surface area (Å²) >= 11 is 0. The van der Waals surface area contributed by atoms with Crippen LogP contribution in [0, 0.1) is 5.41 Å². The van der Waals surface area contributed by atoms with Crippen molar-refractivity contribution in [3.63, 3.8) is 0 Å². The van der Waals surface area contributed by atoms with Gasteiger partial charge in [0.2, 0.25) is 5.91 Å². The normalized spacial score (nSPS) is 30.0. The third-order valence-electron chi connectivity index (χ3n) is 6.41. The van der Waals surface area contributed by atoms with Crippen LogP contribution in [-0.2, 0) is 9.53 Å². The van der Waals surface area contributed by atoms with Gasteiger partial charge in [-0.1, -0.05) is 19.8 Å². The zero-order chi connectivity index (χ0) is 17.9. The average molecular weight is 478 g/mol. The zero-order valence-electron chi connectivity index (χ0n) is 16.4. The molecule has 3 unspecified atom stereocenters. The van der Waals surface area contributed by atoms with Crippen molar-refractivity contribution in [1.29, 1.82) is 0 Å². The van der Waals surface area contributed by atoms with Crippen LogP contribution in [0.4, 0.5) is 0 Å². The fraction of sp³-hybridized carbons (Fsp3) is 0.895. The predicted octanol–water partition coefficient (Wildman–Crippen LogP) is 2.52. The van der Waals surface area contributed by atoms with E-state index in [1.807, 2.05) is 18.9 Å². The summed E-state index contributed by atoms with van der Waals surface area (Å²) in [6.45, 7) is 6.45. The van der Waals surface area contributed by atoms with Crippen LogP contribution < -0.4 is 10.6 Å². The molecule has 3 fully saturated rings. The predicted molar refractivity (Wildman–Crippen MR) is 115 cm³/mol. The first-order chi connectivity index (χ1) is 12.1. The van der Waals surface area contributed by atoms with Gasteiger partial charge in [-0.3, -0.25) is 9.79 Å². The molecule has 2 N–H and O–H groups in total. The quantitative estimate of drug-likeness (QED) is 0.362. The molecule has 0 aromatic carbocycles. The van der Waals surface area contributed by atoms with Crippen molar-refractivity contribution >= 4 is 35.8 Å². The second-order valence-corrected chi connectivity index (χ2v) is 7.71. The third-order valence-corrected chi connectivity index (χ3v) is 6.41. The Bertz CT molecular complexity index is 508. The number of ether oxygens (including phenoxy) is 1. The van der Waals surface area contributed by atoms with E-state index in [1.54, 1.807) is 0 Å². The van der Waals surface area contributed by atoms with Gasteiger partial charge in [0, 0.05) is 50.7 Å². The SMILES string of the molecule is CCOC1CC(NC(=NC)NC2CCN(C(=O)CC)C2)C12CCCC2.I. The van der Waals surface area contributed by atoms with Crippen molar-refractivity contribution in [1.82, 2.24) is 15.5 Å². The molecule has 3 aliphatic rings. The van der Waals surface area contributed by atoms with E-state index in [1.165, 1.54) is 25.7 Å². The minimum absolute atomic E-state index is 0. The summed E-state index contributed by atoms with van der Waals surface area (Å²) in [5.74, 6) is 1.12. The fourth-order valence-electron chi connectivity index (χ4n) is 4.95. The molecule has 7 heteroatoms. The molecule has 0 aromatic rings. The highest BCUT2D eigenvalue weighted by molar-refractivity contribution is 14.0. The van der Waals surface area contributed by atoms with Gasteiger partial charge in [0.15, 0.2) is 5.96 Å². The molecule has 3 atom stereocenters. The fourth-order valence-corrected chi connectivity index (χ4v) is 4.95. The van der Waals surface area contributed by atoms with Crippen LogP contribution in [0.25, 0.3) is 0 Å². The number of likely N-dealkylation sites (tertiary alicyclic amines) is 1. The molecule has 26 heavy (non-hydrogen) atoms. The Balaban J connectivity index is 0.00000243. The van der Waals surface area contributed by atoms with Crippen molar-refractivity contribution < 1.29 is 9.53 Å². The van der Waals surface area contributed by atoms with Gasteiger partial charge in [-0.15, -0.1) is 24.0 Å². The number of hydrogen-bond acceptors (Lipinski definition) is 3. The Hall–Kier alpha value is -0.570. The van der Waals surface area contributed by atoms with Crippen molar-refractivity contribution in [3.05, 3.63) is 0 Å². The van der Waals surface area contributed by atoms with E-state index in [4.69, 9.17) is 4.74 Å². The number of halogens is 1. The molecule has 1 heterocycles. The maximum atomic E-state index is 11.9. The van der Waals surface area contributed by atoms with Gasteiger partial charge in [-0.05, 0) is 32.6 Å². The topological polar surface area (TPSA) is 66.0 Å². The minimum Gasteiger partial charge on any atom is -0.378 e. The molecule has 6 nitrogen and oxygen atoms in total. The molecule has 1 amide bonds. The first-order valence-electron chi connectivity index (χ1n) is 10.0. The van der Waals surface area contributed by atoms with Crippen LogP contribution in [0.15, 0.2) is 4.99 Å². The smallest absolute Gasteiger partial charge is 0.222 e. The summed E-state index contributed by atoms with van der Waals surface area (Å²) in [5, 5.41) is 7.20. The van der Waals surface area contributed by atoms with E-state index in [2.05, 4.69) is 22.5 Å². The Morgan fingerprint density at radius 2 is 2.00 bits per heavy atom.